The average Bonchev–Trinajstić information content (AvgIpc) is 2.09. The van der Waals surface area contributed by atoms with Crippen molar-refractivity contribution >= 4 is 29.9 Å². The smallest absolute Gasteiger partial charge is 0.188 e. The van der Waals surface area contributed by atoms with E-state index in [2.05, 4.69) is 29.3 Å². The van der Waals surface area contributed by atoms with Crippen LogP contribution in [0.2, 0.25) is 0 Å². The topological polar surface area (TPSA) is 53.6 Å². The highest BCUT2D eigenvalue weighted by Crippen LogP contribution is 2.26. The zero-order valence-corrected chi connectivity index (χ0v) is 12.7. The molecule has 0 spiro atoms. The maximum atomic E-state index is 5.74. The maximum absolute atomic E-state index is 5.74. The van der Waals surface area contributed by atoms with Crippen LogP contribution >= 0.6 is 24.0 Å². The summed E-state index contributed by atoms with van der Waals surface area (Å²) in [5.74, 6) is 1.41. The Hall–Kier alpha value is -0.0400. The summed E-state index contributed by atoms with van der Waals surface area (Å²) in [6.45, 7) is 2.91. The van der Waals surface area contributed by atoms with Crippen molar-refractivity contribution in [2.24, 2.45) is 16.6 Å². The fourth-order valence-electron chi connectivity index (χ4n) is 1.57. The monoisotopic (exact) mass is 340 g/mol. The zero-order valence-electron chi connectivity index (χ0n) is 10.4. The van der Waals surface area contributed by atoms with Crippen molar-refractivity contribution in [3.63, 3.8) is 0 Å². The van der Waals surface area contributed by atoms with Gasteiger partial charge in [0, 0.05) is 13.1 Å². The van der Waals surface area contributed by atoms with Crippen molar-refractivity contribution in [3.8, 4) is 0 Å². The van der Waals surface area contributed by atoms with Crippen LogP contribution in [-0.2, 0) is 0 Å². The summed E-state index contributed by atoms with van der Waals surface area (Å²) >= 11 is 0. The second kappa shape index (κ2) is 9.04. The first kappa shape index (κ1) is 16.0. The summed E-state index contributed by atoms with van der Waals surface area (Å²) in [5.41, 5.74) is 5.74. The predicted octanol–water partition coefficient (Wildman–Crippen LogP) is 1.26. The first-order valence-corrected chi connectivity index (χ1v) is 5.87. The van der Waals surface area contributed by atoms with Crippen molar-refractivity contribution in [2.75, 3.05) is 33.7 Å². The van der Waals surface area contributed by atoms with Crippen molar-refractivity contribution in [1.82, 2.24) is 10.2 Å². The van der Waals surface area contributed by atoms with Gasteiger partial charge in [0.1, 0.15) is 0 Å². The Kier molecular flexibility index (Phi) is 9.02. The quantitative estimate of drug-likeness (QED) is 0.331. The van der Waals surface area contributed by atoms with Crippen LogP contribution in [-0.4, -0.2) is 44.6 Å². The molecule has 5 heteroatoms. The van der Waals surface area contributed by atoms with Gasteiger partial charge in [-0.25, -0.2) is 0 Å². The molecule has 4 nitrogen and oxygen atoms in total. The summed E-state index contributed by atoms with van der Waals surface area (Å²) < 4.78 is 0. The number of nitrogens with zero attached hydrogens (tertiary/aromatic N) is 2. The molecule has 0 aliphatic heterocycles. The molecule has 1 rings (SSSR count). The standard InChI is InChI=1S/C11H24N4.HI/c1-15(2)8-4-7-13-11(12)14-9-10-5-3-6-10;/h10H,3-9H2,1-2H3,(H3,12,13,14);1H. The van der Waals surface area contributed by atoms with Gasteiger partial charge >= 0.3 is 0 Å². The van der Waals surface area contributed by atoms with E-state index in [-0.39, 0.29) is 24.0 Å². The predicted molar refractivity (Wildman–Crippen MR) is 80.4 cm³/mol. The van der Waals surface area contributed by atoms with E-state index in [1.165, 1.54) is 19.3 Å². The van der Waals surface area contributed by atoms with Gasteiger partial charge in [0.25, 0.3) is 0 Å². The zero-order chi connectivity index (χ0) is 11.1. The van der Waals surface area contributed by atoms with Crippen LogP contribution < -0.4 is 11.1 Å². The van der Waals surface area contributed by atoms with Crippen LogP contribution in [0.4, 0.5) is 0 Å². The summed E-state index contributed by atoms with van der Waals surface area (Å²) in [6.07, 6.45) is 5.14. The second-order valence-corrected chi connectivity index (χ2v) is 4.61. The molecule has 0 saturated heterocycles. The number of nitrogens with one attached hydrogen (secondary N) is 1. The number of guanidine groups is 1. The van der Waals surface area contributed by atoms with Gasteiger partial charge in [-0.2, -0.15) is 0 Å². The van der Waals surface area contributed by atoms with E-state index >= 15 is 0 Å². The van der Waals surface area contributed by atoms with Gasteiger partial charge in [-0.05, 0) is 45.8 Å². The molecule has 0 radical (unpaired) electrons. The number of halogens is 1. The van der Waals surface area contributed by atoms with E-state index in [1.807, 2.05) is 0 Å². The van der Waals surface area contributed by atoms with Crippen LogP contribution in [0.15, 0.2) is 4.99 Å². The lowest BCUT2D eigenvalue weighted by Gasteiger charge is -2.23. The largest absolute Gasteiger partial charge is 0.370 e. The van der Waals surface area contributed by atoms with Crippen LogP contribution in [0, 0.1) is 5.92 Å². The highest BCUT2D eigenvalue weighted by molar-refractivity contribution is 14.0. The number of aliphatic imine (C=N–C) groups is 1. The first-order valence-electron chi connectivity index (χ1n) is 5.87. The first-order chi connectivity index (χ1) is 7.18. The number of nitrogens with two attached hydrogens (primary N) is 1. The molecule has 3 N–H and O–H groups in total. The molecule has 1 saturated carbocycles. The Morgan fingerprint density at radius 3 is 2.62 bits per heavy atom. The second-order valence-electron chi connectivity index (χ2n) is 4.61. The minimum atomic E-state index is 0. The van der Waals surface area contributed by atoms with Crippen molar-refractivity contribution in [1.29, 1.82) is 0 Å². The molecule has 0 heterocycles. The Balaban J connectivity index is 0.00000225. The summed E-state index contributed by atoms with van der Waals surface area (Å²) in [6, 6.07) is 0. The molecule has 0 aromatic rings. The SMILES string of the molecule is CN(C)CCCNC(N)=NCC1CCC1.I. The van der Waals surface area contributed by atoms with Crippen molar-refractivity contribution in [3.05, 3.63) is 0 Å². The molecular formula is C11H25IN4. The molecule has 0 aromatic heterocycles. The Bertz CT molecular complexity index is 202. The van der Waals surface area contributed by atoms with Gasteiger partial charge in [0.05, 0.1) is 0 Å². The molecule has 1 fully saturated rings. The normalized spacial score (nSPS) is 16.8. The van der Waals surface area contributed by atoms with Gasteiger partial charge < -0.3 is 16.0 Å². The molecule has 1 aliphatic carbocycles. The van der Waals surface area contributed by atoms with Crippen LogP contribution in [0.1, 0.15) is 25.7 Å². The number of hydrogen-bond acceptors (Lipinski definition) is 2. The minimum absolute atomic E-state index is 0. The number of hydrogen-bond donors (Lipinski definition) is 2. The van der Waals surface area contributed by atoms with E-state index in [0.29, 0.717) is 5.96 Å². The molecule has 1 aliphatic rings. The molecule has 0 unspecified atom stereocenters. The third-order valence-corrected chi connectivity index (χ3v) is 2.83. The fourth-order valence-corrected chi connectivity index (χ4v) is 1.57. The van der Waals surface area contributed by atoms with Gasteiger partial charge in [-0.3, -0.25) is 4.99 Å². The van der Waals surface area contributed by atoms with Crippen LogP contribution in [0.5, 0.6) is 0 Å². The van der Waals surface area contributed by atoms with Gasteiger partial charge in [0.15, 0.2) is 5.96 Å². The summed E-state index contributed by atoms with van der Waals surface area (Å²) in [4.78, 5) is 6.50. The van der Waals surface area contributed by atoms with Gasteiger partial charge in [-0.15, -0.1) is 24.0 Å². The van der Waals surface area contributed by atoms with Gasteiger partial charge in [-0.1, -0.05) is 6.42 Å². The van der Waals surface area contributed by atoms with E-state index < -0.39 is 0 Å². The lowest BCUT2D eigenvalue weighted by atomic mass is 9.86. The Labute approximate surface area is 116 Å². The maximum Gasteiger partial charge on any atom is 0.188 e. The summed E-state index contributed by atoms with van der Waals surface area (Å²) in [5, 5.41) is 3.14. The Morgan fingerprint density at radius 2 is 2.12 bits per heavy atom. The molecular weight excluding hydrogens is 315 g/mol. The highest BCUT2D eigenvalue weighted by atomic mass is 127. The van der Waals surface area contributed by atoms with Crippen molar-refractivity contribution < 1.29 is 0 Å². The highest BCUT2D eigenvalue weighted by Gasteiger charge is 2.16. The van der Waals surface area contributed by atoms with Crippen molar-refractivity contribution in [2.45, 2.75) is 25.7 Å². The van der Waals surface area contributed by atoms with E-state index in [9.17, 15) is 0 Å². The molecule has 16 heavy (non-hydrogen) atoms. The summed E-state index contributed by atoms with van der Waals surface area (Å²) in [7, 11) is 4.15. The fraction of sp³-hybridized carbons (Fsp3) is 0.909. The van der Waals surface area contributed by atoms with Crippen LogP contribution in [0.3, 0.4) is 0 Å². The van der Waals surface area contributed by atoms with E-state index in [4.69, 9.17) is 5.73 Å². The van der Waals surface area contributed by atoms with E-state index in [0.717, 1.165) is 32.0 Å². The lowest BCUT2D eigenvalue weighted by molar-refractivity contribution is 0.326. The van der Waals surface area contributed by atoms with E-state index in [1.54, 1.807) is 0 Å². The molecule has 0 amide bonds. The third kappa shape index (κ3) is 7.27. The van der Waals surface area contributed by atoms with Gasteiger partial charge in [0.2, 0.25) is 0 Å². The number of rotatable bonds is 6. The molecule has 0 bridgehead atoms. The van der Waals surface area contributed by atoms with Crippen LogP contribution in [0.25, 0.3) is 0 Å². The third-order valence-electron chi connectivity index (χ3n) is 2.83. The lowest BCUT2D eigenvalue weighted by Crippen LogP contribution is -2.34. The molecule has 96 valence electrons. The molecule has 0 atom stereocenters. The molecule has 0 aromatic carbocycles. The Morgan fingerprint density at radius 1 is 1.44 bits per heavy atom. The average molecular weight is 340 g/mol. The minimum Gasteiger partial charge on any atom is -0.370 e.